The second-order valence-corrected chi connectivity index (χ2v) is 9.09. The molecule has 0 bridgehead atoms. The standard InChI is InChI=1S/C26H26N4O4S/c1-3-34-25(33)23-18(2)35-26(28-23)30(16-13-19-9-5-4-6-10-19)22(31)14-15-29-17-27-21-12-8-7-11-20(21)24(29)32/h4-12,17H,3,13-16H2,1-2H3. The lowest BCUT2D eigenvalue weighted by Crippen LogP contribution is -2.34. The van der Waals surface area contributed by atoms with Crippen LogP contribution in [0.2, 0.25) is 0 Å². The van der Waals surface area contributed by atoms with Crippen molar-refractivity contribution < 1.29 is 14.3 Å². The van der Waals surface area contributed by atoms with E-state index >= 15 is 0 Å². The molecule has 0 atom stereocenters. The number of aromatic nitrogens is 3. The largest absolute Gasteiger partial charge is 0.461 e. The Bertz CT molecular complexity index is 1400. The second kappa shape index (κ2) is 11.1. The molecule has 4 rings (SSSR count). The average molecular weight is 491 g/mol. The van der Waals surface area contributed by atoms with E-state index in [2.05, 4.69) is 9.97 Å². The van der Waals surface area contributed by atoms with Gasteiger partial charge in [0.25, 0.3) is 5.56 Å². The zero-order valence-electron chi connectivity index (χ0n) is 19.6. The summed E-state index contributed by atoms with van der Waals surface area (Å²) in [5.41, 5.74) is 1.74. The highest BCUT2D eigenvalue weighted by molar-refractivity contribution is 7.16. The predicted molar refractivity (Wildman–Crippen MR) is 136 cm³/mol. The van der Waals surface area contributed by atoms with Crippen LogP contribution in [0.3, 0.4) is 0 Å². The summed E-state index contributed by atoms with van der Waals surface area (Å²) < 4.78 is 6.55. The number of aryl methyl sites for hydroxylation is 2. The SMILES string of the molecule is CCOC(=O)c1nc(N(CCc2ccccc2)C(=O)CCn2cnc3ccccc3c2=O)sc1C. The molecule has 1 amide bonds. The van der Waals surface area contributed by atoms with Crippen molar-refractivity contribution in [3.05, 3.63) is 87.4 Å². The molecule has 180 valence electrons. The molecule has 2 aromatic carbocycles. The molecule has 2 aromatic heterocycles. The Morgan fingerprint density at radius 3 is 2.60 bits per heavy atom. The fraction of sp³-hybridized carbons (Fsp3) is 0.269. The molecule has 0 saturated heterocycles. The van der Waals surface area contributed by atoms with Crippen LogP contribution in [0.4, 0.5) is 5.13 Å². The van der Waals surface area contributed by atoms with Gasteiger partial charge in [0.05, 0.1) is 23.8 Å². The first-order valence-corrected chi connectivity index (χ1v) is 12.2. The molecule has 0 aliphatic carbocycles. The van der Waals surface area contributed by atoms with Gasteiger partial charge in [-0.05, 0) is 38.0 Å². The summed E-state index contributed by atoms with van der Waals surface area (Å²) in [4.78, 5) is 49.5. The van der Waals surface area contributed by atoms with E-state index in [1.165, 1.54) is 22.2 Å². The normalized spacial score (nSPS) is 10.9. The molecule has 0 spiro atoms. The smallest absolute Gasteiger partial charge is 0.358 e. The molecule has 9 heteroatoms. The van der Waals surface area contributed by atoms with Crippen LogP contribution in [0.1, 0.15) is 34.3 Å². The Morgan fingerprint density at radius 2 is 1.83 bits per heavy atom. The highest BCUT2D eigenvalue weighted by atomic mass is 32.1. The van der Waals surface area contributed by atoms with Crippen LogP contribution in [-0.4, -0.2) is 39.6 Å². The number of para-hydroxylation sites is 1. The van der Waals surface area contributed by atoms with Crippen LogP contribution in [0.15, 0.2) is 65.7 Å². The highest BCUT2D eigenvalue weighted by Crippen LogP contribution is 2.27. The Labute approximate surface area is 206 Å². The lowest BCUT2D eigenvalue weighted by molar-refractivity contribution is -0.118. The molecular weight excluding hydrogens is 464 g/mol. The van der Waals surface area contributed by atoms with Crippen LogP contribution >= 0.6 is 11.3 Å². The number of thiazole rings is 1. The van der Waals surface area contributed by atoms with Gasteiger partial charge in [-0.1, -0.05) is 42.5 Å². The zero-order valence-corrected chi connectivity index (χ0v) is 20.5. The third-order valence-corrected chi connectivity index (χ3v) is 6.54. The van der Waals surface area contributed by atoms with Gasteiger partial charge in [0.1, 0.15) is 0 Å². The Kier molecular flexibility index (Phi) is 7.67. The number of esters is 1. The number of carbonyl (C=O) groups excluding carboxylic acids is 2. The summed E-state index contributed by atoms with van der Waals surface area (Å²) in [5, 5.41) is 0.952. The number of benzene rings is 2. The quantitative estimate of drug-likeness (QED) is 0.329. The van der Waals surface area contributed by atoms with Crippen LogP contribution in [-0.2, 0) is 22.5 Å². The van der Waals surface area contributed by atoms with Crippen molar-refractivity contribution in [1.82, 2.24) is 14.5 Å². The monoisotopic (exact) mass is 490 g/mol. The van der Waals surface area contributed by atoms with Gasteiger partial charge in [0.2, 0.25) is 5.91 Å². The van der Waals surface area contributed by atoms with E-state index in [-0.39, 0.29) is 36.7 Å². The van der Waals surface area contributed by atoms with E-state index in [0.717, 1.165) is 5.56 Å². The number of hydrogen-bond donors (Lipinski definition) is 0. The number of carbonyl (C=O) groups is 2. The molecule has 0 saturated carbocycles. The third-order valence-electron chi connectivity index (χ3n) is 5.55. The van der Waals surface area contributed by atoms with Gasteiger partial charge >= 0.3 is 5.97 Å². The highest BCUT2D eigenvalue weighted by Gasteiger charge is 2.24. The van der Waals surface area contributed by atoms with E-state index in [9.17, 15) is 14.4 Å². The van der Waals surface area contributed by atoms with Gasteiger partial charge < -0.3 is 4.74 Å². The van der Waals surface area contributed by atoms with Crippen molar-refractivity contribution in [3.63, 3.8) is 0 Å². The van der Waals surface area contributed by atoms with Crippen LogP contribution in [0, 0.1) is 6.92 Å². The predicted octanol–water partition coefficient (Wildman–Crippen LogP) is 4.00. The first-order chi connectivity index (χ1) is 17.0. The van der Waals surface area contributed by atoms with Crippen molar-refractivity contribution in [3.8, 4) is 0 Å². The summed E-state index contributed by atoms with van der Waals surface area (Å²) in [6.45, 7) is 4.35. The van der Waals surface area contributed by atoms with Crippen molar-refractivity contribution in [2.45, 2.75) is 33.2 Å². The number of rotatable bonds is 9. The fourth-order valence-electron chi connectivity index (χ4n) is 3.72. The van der Waals surface area contributed by atoms with E-state index in [4.69, 9.17) is 4.74 Å². The maximum Gasteiger partial charge on any atom is 0.358 e. The van der Waals surface area contributed by atoms with E-state index < -0.39 is 5.97 Å². The maximum atomic E-state index is 13.4. The van der Waals surface area contributed by atoms with Crippen molar-refractivity contribution in [1.29, 1.82) is 0 Å². The maximum absolute atomic E-state index is 13.4. The summed E-state index contributed by atoms with van der Waals surface area (Å²) in [6.07, 6.45) is 2.18. The average Bonchev–Trinajstić information content (AvgIpc) is 3.26. The minimum atomic E-state index is -0.503. The van der Waals surface area contributed by atoms with Gasteiger partial charge in [-0.15, -0.1) is 11.3 Å². The summed E-state index contributed by atoms with van der Waals surface area (Å²) >= 11 is 1.28. The number of amides is 1. The molecule has 8 nitrogen and oxygen atoms in total. The molecule has 0 unspecified atom stereocenters. The number of hydrogen-bond acceptors (Lipinski definition) is 7. The number of nitrogens with zero attached hydrogens (tertiary/aromatic N) is 4. The van der Waals surface area contributed by atoms with Crippen molar-refractivity contribution in [2.24, 2.45) is 0 Å². The van der Waals surface area contributed by atoms with Crippen molar-refractivity contribution in [2.75, 3.05) is 18.1 Å². The zero-order chi connectivity index (χ0) is 24.8. The molecular formula is C26H26N4O4S. The first kappa shape index (κ1) is 24.3. The lowest BCUT2D eigenvalue weighted by atomic mass is 10.1. The Balaban J connectivity index is 1.56. The number of ether oxygens (including phenoxy) is 1. The summed E-state index contributed by atoms with van der Waals surface area (Å²) in [6, 6.07) is 17.0. The van der Waals surface area contributed by atoms with Crippen LogP contribution in [0.25, 0.3) is 10.9 Å². The van der Waals surface area contributed by atoms with Gasteiger partial charge in [0, 0.05) is 24.4 Å². The third kappa shape index (κ3) is 5.63. The molecule has 0 aliphatic rings. The first-order valence-electron chi connectivity index (χ1n) is 11.4. The Hall–Kier alpha value is -3.85. The molecule has 35 heavy (non-hydrogen) atoms. The van der Waals surface area contributed by atoms with Crippen LogP contribution in [0.5, 0.6) is 0 Å². The van der Waals surface area contributed by atoms with E-state index in [1.54, 1.807) is 36.9 Å². The lowest BCUT2D eigenvalue weighted by Gasteiger charge is -2.20. The second-order valence-electron chi connectivity index (χ2n) is 7.91. The topological polar surface area (TPSA) is 94.4 Å². The van der Waals surface area contributed by atoms with E-state index in [1.807, 2.05) is 36.4 Å². The number of fused-ring (bicyclic) bond motifs is 1. The van der Waals surface area contributed by atoms with Crippen molar-refractivity contribution >= 4 is 39.2 Å². The fourth-order valence-corrected chi connectivity index (χ4v) is 4.66. The minimum Gasteiger partial charge on any atom is -0.461 e. The van der Waals surface area contributed by atoms with Gasteiger partial charge in [-0.2, -0.15) is 0 Å². The van der Waals surface area contributed by atoms with Crippen LogP contribution < -0.4 is 10.5 Å². The molecule has 0 N–H and O–H groups in total. The molecule has 4 aromatic rings. The summed E-state index contributed by atoms with van der Waals surface area (Å²) in [5.74, 6) is -0.693. The van der Waals surface area contributed by atoms with E-state index in [0.29, 0.717) is 33.9 Å². The molecule has 0 radical (unpaired) electrons. The number of anilines is 1. The van der Waals surface area contributed by atoms with Gasteiger partial charge in [-0.3, -0.25) is 19.1 Å². The minimum absolute atomic E-state index is 0.0854. The Morgan fingerprint density at radius 1 is 1.09 bits per heavy atom. The van der Waals surface area contributed by atoms with Gasteiger partial charge in [0.15, 0.2) is 10.8 Å². The summed E-state index contributed by atoms with van der Waals surface area (Å²) in [7, 11) is 0. The molecule has 0 aliphatic heterocycles. The molecule has 0 fully saturated rings. The molecule has 2 heterocycles. The van der Waals surface area contributed by atoms with Gasteiger partial charge in [-0.25, -0.2) is 14.8 Å².